The minimum absolute atomic E-state index is 0.0399. The summed E-state index contributed by atoms with van der Waals surface area (Å²) in [6.45, 7) is 1.02. The van der Waals surface area contributed by atoms with E-state index >= 15 is 0 Å². The number of carbonyl (C=O) groups is 3. The lowest BCUT2D eigenvalue weighted by Gasteiger charge is -2.26. The van der Waals surface area contributed by atoms with Crippen LogP contribution in [0.4, 0.5) is 10.2 Å². The number of fused-ring (bicyclic) bond motifs is 2. The van der Waals surface area contributed by atoms with Gasteiger partial charge in [0, 0.05) is 10.4 Å². The number of aromatic nitrogens is 3. The normalized spacial score (nSPS) is 14.6. The fourth-order valence-electron chi connectivity index (χ4n) is 3.71. The highest BCUT2D eigenvalue weighted by molar-refractivity contribution is 7.13. The SMILES string of the molecule is Fc1ccc(Cl)cc1.O=C1Cn2c(C(=O)NC3COC3)nc(NC(=O)c3nsc4ccccc34)c2CN1. The van der Waals surface area contributed by atoms with Crippen LogP contribution in [0.5, 0.6) is 0 Å². The first-order valence-corrected chi connectivity index (χ1v) is 12.4. The molecule has 0 atom stereocenters. The number of halogens is 2. The van der Waals surface area contributed by atoms with Crippen LogP contribution in [0.3, 0.4) is 0 Å². The standard InChI is InChI=1S/C18H16N6O4S.C6H4ClF/c25-13-6-24-11(5-19-13)15(21-16(24)18(27)20-9-7-28-8-9)22-17(26)14-10-3-1-2-4-12(10)29-23-14;7-5-1-3-6(8)4-2-5/h1-4,9H,5-8H2,(H,19,25)(H,20,27)(H,22,26);1-4H. The van der Waals surface area contributed by atoms with Crippen molar-refractivity contribution >= 4 is 56.8 Å². The highest BCUT2D eigenvalue weighted by Crippen LogP contribution is 2.25. The molecule has 4 heterocycles. The summed E-state index contributed by atoms with van der Waals surface area (Å²) in [6, 6.07) is 13.0. The zero-order chi connectivity index (χ0) is 25.9. The molecule has 13 heteroatoms. The van der Waals surface area contributed by atoms with Crippen LogP contribution in [0.25, 0.3) is 10.1 Å². The Labute approximate surface area is 218 Å². The number of imidazole rings is 1. The van der Waals surface area contributed by atoms with Crippen LogP contribution in [0.2, 0.25) is 5.02 Å². The molecule has 0 spiro atoms. The second-order valence-electron chi connectivity index (χ2n) is 8.22. The molecular weight excluding hydrogens is 523 g/mol. The monoisotopic (exact) mass is 542 g/mol. The van der Waals surface area contributed by atoms with E-state index in [-0.39, 0.29) is 42.5 Å². The van der Waals surface area contributed by atoms with E-state index < -0.39 is 11.8 Å². The number of carbonyl (C=O) groups excluding carboxylic acids is 3. The maximum absolute atomic E-state index is 12.8. The summed E-state index contributed by atoms with van der Waals surface area (Å²) in [4.78, 5) is 41.6. The van der Waals surface area contributed by atoms with Gasteiger partial charge in [0.2, 0.25) is 11.7 Å². The molecule has 3 N–H and O–H groups in total. The van der Waals surface area contributed by atoms with Crippen molar-refractivity contribution in [3.05, 3.63) is 76.6 Å². The lowest BCUT2D eigenvalue weighted by Crippen LogP contribution is -2.49. The first-order valence-electron chi connectivity index (χ1n) is 11.2. The Balaban J connectivity index is 0.000000301. The van der Waals surface area contributed by atoms with Crippen LogP contribution >= 0.6 is 23.1 Å². The molecule has 2 aromatic heterocycles. The Kier molecular flexibility index (Phi) is 7.12. The smallest absolute Gasteiger partial charge is 0.287 e. The summed E-state index contributed by atoms with van der Waals surface area (Å²) in [5.41, 5.74) is 0.859. The molecule has 2 aliphatic heterocycles. The molecule has 6 rings (SSSR count). The van der Waals surface area contributed by atoms with Crippen LogP contribution in [0, 0.1) is 5.82 Å². The number of ether oxygens (including phenoxy) is 1. The summed E-state index contributed by atoms with van der Waals surface area (Å²) in [7, 11) is 0. The van der Waals surface area contributed by atoms with Crippen LogP contribution in [0.1, 0.15) is 26.8 Å². The third-order valence-corrected chi connectivity index (χ3v) is 6.71. The van der Waals surface area contributed by atoms with Gasteiger partial charge in [0.15, 0.2) is 5.82 Å². The third-order valence-electron chi connectivity index (χ3n) is 5.63. The van der Waals surface area contributed by atoms with Gasteiger partial charge < -0.3 is 25.3 Å². The summed E-state index contributed by atoms with van der Waals surface area (Å²) in [6.07, 6.45) is 0. The van der Waals surface area contributed by atoms with E-state index in [1.54, 1.807) is 0 Å². The average Bonchev–Trinajstić information content (AvgIpc) is 3.45. The summed E-state index contributed by atoms with van der Waals surface area (Å²) < 4.78 is 23.8. The Hall–Kier alpha value is -3.87. The number of rotatable bonds is 4. The first kappa shape index (κ1) is 24.8. The van der Waals surface area contributed by atoms with E-state index in [0.717, 1.165) is 10.1 Å². The number of anilines is 1. The molecule has 190 valence electrons. The van der Waals surface area contributed by atoms with Gasteiger partial charge in [-0.2, -0.15) is 4.37 Å². The number of hydrogen-bond donors (Lipinski definition) is 3. The highest BCUT2D eigenvalue weighted by Gasteiger charge is 2.30. The number of hydrogen-bond acceptors (Lipinski definition) is 7. The molecule has 0 radical (unpaired) electrons. The molecule has 10 nitrogen and oxygen atoms in total. The second-order valence-corrected chi connectivity index (χ2v) is 9.46. The van der Waals surface area contributed by atoms with Crippen molar-refractivity contribution in [2.45, 2.75) is 19.1 Å². The van der Waals surface area contributed by atoms with Gasteiger partial charge >= 0.3 is 0 Å². The topological polar surface area (TPSA) is 127 Å². The first-order chi connectivity index (χ1) is 17.9. The molecule has 37 heavy (non-hydrogen) atoms. The Morgan fingerprint density at radius 3 is 2.59 bits per heavy atom. The number of nitrogens with one attached hydrogen (secondary N) is 3. The molecule has 2 aromatic carbocycles. The van der Waals surface area contributed by atoms with Gasteiger partial charge in [0.05, 0.1) is 36.2 Å². The predicted molar refractivity (Wildman–Crippen MR) is 135 cm³/mol. The van der Waals surface area contributed by atoms with Crippen molar-refractivity contribution in [3.63, 3.8) is 0 Å². The van der Waals surface area contributed by atoms with Crippen LogP contribution in [0.15, 0.2) is 48.5 Å². The fourth-order valence-corrected chi connectivity index (χ4v) is 4.61. The van der Waals surface area contributed by atoms with Gasteiger partial charge in [-0.25, -0.2) is 9.37 Å². The van der Waals surface area contributed by atoms with Crippen molar-refractivity contribution in [1.82, 2.24) is 24.6 Å². The number of benzene rings is 2. The maximum Gasteiger partial charge on any atom is 0.287 e. The van der Waals surface area contributed by atoms with E-state index in [1.165, 1.54) is 40.4 Å². The summed E-state index contributed by atoms with van der Waals surface area (Å²) in [5.74, 6) is -0.982. The Morgan fingerprint density at radius 1 is 1.14 bits per heavy atom. The van der Waals surface area contributed by atoms with E-state index in [0.29, 0.717) is 29.6 Å². The second kappa shape index (κ2) is 10.6. The fraction of sp³-hybridized carbons (Fsp3) is 0.208. The Bertz CT molecular complexity index is 1460. The molecule has 3 amide bonds. The van der Waals surface area contributed by atoms with Crippen LogP contribution in [-0.4, -0.2) is 50.9 Å². The van der Waals surface area contributed by atoms with Crippen molar-refractivity contribution < 1.29 is 23.5 Å². The zero-order valence-corrected chi connectivity index (χ0v) is 20.7. The molecule has 4 aromatic rings. The van der Waals surface area contributed by atoms with Gasteiger partial charge in [-0.05, 0) is 41.9 Å². The van der Waals surface area contributed by atoms with Gasteiger partial charge in [-0.3, -0.25) is 14.4 Å². The summed E-state index contributed by atoms with van der Waals surface area (Å²) in [5, 5.41) is 9.59. The number of amides is 3. The van der Waals surface area contributed by atoms with E-state index in [1.807, 2.05) is 24.3 Å². The van der Waals surface area contributed by atoms with Gasteiger partial charge in [-0.1, -0.05) is 29.8 Å². The van der Waals surface area contributed by atoms with Crippen LogP contribution in [-0.2, 0) is 22.6 Å². The number of nitrogens with zero attached hydrogens (tertiary/aromatic N) is 3. The average molecular weight is 543 g/mol. The lowest BCUT2D eigenvalue weighted by molar-refractivity contribution is -0.122. The van der Waals surface area contributed by atoms with Crippen LogP contribution < -0.4 is 16.0 Å². The molecule has 1 saturated heterocycles. The molecule has 0 bridgehead atoms. The highest BCUT2D eigenvalue weighted by atomic mass is 35.5. The zero-order valence-electron chi connectivity index (χ0n) is 19.2. The molecule has 1 fully saturated rings. The minimum atomic E-state index is -0.417. The van der Waals surface area contributed by atoms with Gasteiger partial charge in [0.25, 0.3) is 11.8 Å². The Morgan fingerprint density at radius 2 is 1.89 bits per heavy atom. The quantitative estimate of drug-likeness (QED) is 0.364. The van der Waals surface area contributed by atoms with E-state index in [9.17, 15) is 18.8 Å². The summed E-state index contributed by atoms with van der Waals surface area (Å²) >= 11 is 6.68. The van der Waals surface area contributed by atoms with E-state index in [4.69, 9.17) is 16.3 Å². The lowest BCUT2D eigenvalue weighted by atomic mass is 10.2. The minimum Gasteiger partial charge on any atom is -0.377 e. The predicted octanol–water partition coefficient (Wildman–Crippen LogP) is 2.98. The molecule has 0 aliphatic carbocycles. The van der Waals surface area contributed by atoms with E-state index in [2.05, 4.69) is 25.3 Å². The molecule has 2 aliphatic rings. The van der Waals surface area contributed by atoms with Gasteiger partial charge in [0.1, 0.15) is 18.1 Å². The molecule has 0 saturated carbocycles. The maximum atomic E-state index is 12.8. The van der Waals surface area contributed by atoms with Crippen molar-refractivity contribution in [2.24, 2.45) is 0 Å². The molecule has 0 unspecified atom stereocenters. The van der Waals surface area contributed by atoms with Crippen molar-refractivity contribution in [2.75, 3.05) is 18.5 Å². The largest absolute Gasteiger partial charge is 0.377 e. The van der Waals surface area contributed by atoms with Crippen molar-refractivity contribution in [1.29, 1.82) is 0 Å². The third kappa shape index (κ3) is 5.45. The van der Waals surface area contributed by atoms with Gasteiger partial charge in [-0.15, -0.1) is 0 Å². The van der Waals surface area contributed by atoms with Crippen molar-refractivity contribution in [3.8, 4) is 0 Å². The molecular formula is C24H20ClFN6O4S.